The molecule has 0 aliphatic heterocycles. The van der Waals surface area contributed by atoms with Crippen molar-refractivity contribution in [3.05, 3.63) is 18.2 Å². The van der Waals surface area contributed by atoms with Crippen LogP contribution >= 0.6 is 12.4 Å². The second-order valence-corrected chi connectivity index (χ2v) is 7.16. The van der Waals surface area contributed by atoms with Crippen molar-refractivity contribution >= 4 is 39.7 Å². The highest BCUT2D eigenvalue weighted by Crippen LogP contribution is 2.29. The maximum Gasteiger partial charge on any atom is 0.244 e. The maximum atomic E-state index is 12.2. The van der Waals surface area contributed by atoms with Gasteiger partial charge in [0.25, 0.3) is 0 Å². The second kappa shape index (κ2) is 8.37. The highest BCUT2D eigenvalue weighted by molar-refractivity contribution is 7.92. The molecule has 0 spiro atoms. The lowest BCUT2D eigenvalue weighted by atomic mass is 9.96. The van der Waals surface area contributed by atoms with Crippen LogP contribution in [0.1, 0.15) is 26.7 Å². The van der Waals surface area contributed by atoms with Crippen molar-refractivity contribution in [3.8, 4) is 5.75 Å². The van der Waals surface area contributed by atoms with E-state index in [2.05, 4.69) is 10.0 Å². The van der Waals surface area contributed by atoms with Crippen molar-refractivity contribution in [2.45, 2.75) is 32.2 Å². The van der Waals surface area contributed by atoms with Gasteiger partial charge < -0.3 is 15.8 Å². The smallest absolute Gasteiger partial charge is 0.244 e. The number of nitrogens with two attached hydrogens (primary N) is 1. The van der Waals surface area contributed by atoms with Crippen molar-refractivity contribution in [3.63, 3.8) is 0 Å². The predicted molar refractivity (Wildman–Crippen MR) is 94.8 cm³/mol. The van der Waals surface area contributed by atoms with Crippen LogP contribution in [0, 0.1) is 0 Å². The Morgan fingerprint density at radius 2 is 2.00 bits per heavy atom. The number of carbonyl (C=O) groups is 1. The summed E-state index contributed by atoms with van der Waals surface area (Å²) in [4.78, 5) is 12.2. The van der Waals surface area contributed by atoms with Gasteiger partial charge in [0.2, 0.25) is 15.9 Å². The van der Waals surface area contributed by atoms with E-state index < -0.39 is 15.6 Å². The van der Waals surface area contributed by atoms with Crippen LogP contribution in [0.4, 0.5) is 11.4 Å². The Morgan fingerprint density at radius 1 is 1.39 bits per heavy atom. The predicted octanol–water partition coefficient (Wildman–Crippen LogP) is 1.94. The number of amides is 1. The molecule has 0 saturated heterocycles. The summed E-state index contributed by atoms with van der Waals surface area (Å²) in [5.41, 5.74) is 5.66. The van der Waals surface area contributed by atoms with Gasteiger partial charge in [0.05, 0.1) is 24.6 Å². The number of methoxy groups -OCH3 is 1. The normalized spacial score (nSPS) is 13.4. The number of benzene rings is 1. The van der Waals surface area contributed by atoms with E-state index in [1.165, 1.54) is 13.2 Å². The Hall–Kier alpha value is -1.51. The highest BCUT2D eigenvalue weighted by atomic mass is 35.5. The lowest BCUT2D eigenvalue weighted by molar-refractivity contribution is -0.120. The Bertz CT molecular complexity index is 647. The Balaban J connectivity index is 0.00000484. The molecule has 0 heterocycles. The molecular weight excluding hydrogens is 342 g/mol. The average Bonchev–Trinajstić information content (AvgIpc) is 2.37. The molecule has 1 unspecified atom stereocenters. The van der Waals surface area contributed by atoms with Crippen LogP contribution in [0.15, 0.2) is 18.2 Å². The van der Waals surface area contributed by atoms with Gasteiger partial charge in [-0.25, -0.2) is 8.42 Å². The van der Waals surface area contributed by atoms with Crippen LogP contribution in [-0.2, 0) is 14.8 Å². The minimum atomic E-state index is -3.46. The number of nitrogens with one attached hydrogen (secondary N) is 2. The molecule has 0 fully saturated rings. The quantitative estimate of drug-likeness (QED) is 0.683. The number of carbonyl (C=O) groups excluding carboxylic acids is 1. The summed E-state index contributed by atoms with van der Waals surface area (Å²) >= 11 is 0. The van der Waals surface area contributed by atoms with Crippen LogP contribution in [0.5, 0.6) is 5.75 Å². The molecule has 132 valence electrons. The molecule has 0 radical (unpaired) electrons. The third-order valence-electron chi connectivity index (χ3n) is 3.04. The fourth-order valence-electron chi connectivity index (χ4n) is 1.97. The van der Waals surface area contributed by atoms with E-state index in [1.54, 1.807) is 19.1 Å². The first-order valence-corrected chi connectivity index (χ1v) is 8.74. The van der Waals surface area contributed by atoms with Gasteiger partial charge in [0.15, 0.2) is 0 Å². The van der Waals surface area contributed by atoms with E-state index in [1.807, 2.05) is 6.92 Å². The molecule has 7 nitrogen and oxygen atoms in total. The lowest BCUT2D eigenvalue weighted by Gasteiger charge is -2.23. The van der Waals surface area contributed by atoms with E-state index in [9.17, 15) is 13.2 Å². The molecule has 1 amide bonds. The molecule has 23 heavy (non-hydrogen) atoms. The Morgan fingerprint density at radius 3 is 2.48 bits per heavy atom. The first kappa shape index (κ1) is 21.5. The van der Waals surface area contributed by atoms with Gasteiger partial charge in [-0.05, 0) is 31.5 Å². The van der Waals surface area contributed by atoms with E-state index in [4.69, 9.17) is 10.5 Å². The number of rotatable bonds is 7. The minimum Gasteiger partial charge on any atom is -0.495 e. The monoisotopic (exact) mass is 365 g/mol. The molecule has 1 rings (SSSR count). The molecule has 0 aliphatic carbocycles. The van der Waals surface area contributed by atoms with E-state index in [-0.39, 0.29) is 24.0 Å². The van der Waals surface area contributed by atoms with Crippen molar-refractivity contribution < 1.29 is 17.9 Å². The van der Waals surface area contributed by atoms with Gasteiger partial charge in [0, 0.05) is 5.69 Å². The molecule has 9 heteroatoms. The molecule has 1 aromatic carbocycles. The molecule has 0 bridgehead atoms. The van der Waals surface area contributed by atoms with Gasteiger partial charge >= 0.3 is 0 Å². The number of hydrogen-bond acceptors (Lipinski definition) is 5. The largest absolute Gasteiger partial charge is 0.495 e. The summed E-state index contributed by atoms with van der Waals surface area (Å²) in [6.45, 7) is 3.60. The van der Waals surface area contributed by atoms with Crippen LogP contribution in [-0.4, -0.2) is 33.2 Å². The maximum absolute atomic E-state index is 12.2. The second-order valence-electron chi connectivity index (χ2n) is 5.41. The zero-order chi connectivity index (χ0) is 17.0. The molecular formula is C14H24ClN3O4S. The third-order valence-corrected chi connectivity index (χ3v) is 3.63. The molecule has 0 saturated carbocycles. The van der Waals surface area contributed by atoms with Crippen LogP contribution in [0.25, 0.3) is 0 Å². The fourth-order valence-corrected chi connectivity index (χ4v) is 2.53. The lowest BCUT2D eigenvalue weighted by Crippen LogP contribution is -2.48. The van der Waals surface area contributed by atoms with Crippen molar-refractivity contribution in [2.24, 2.45) is 5.73 Å². The van der Waals surface area contributed by atoms with Crippen molar-refractivity contribution in [1.29, 1.82) is 0 Å². The van der Waals surface area contributed by atoms with E-state index >= 15 is 0 Å². The van der Waals surface area contributed by atoms with Gasteiger partial charge in [-0.2, -0.15) is 0 Å². The van der Waals surface area contributed by atoms with Gasteiger partial charge in [-0.15, -0.1) is 12.4 Å². The van der Waals surface area contributed by atoms with Crippen LogP contribution in [0.2, 0.25) is 0 Å². The summed E-state index contributed by atoms with van der Waals surface area (Å²) in [5.74, 6) is 0.0253. The Labute approximate surface area is 143 Å². The molecule has 4 N–H and O–H groups in total. The molecule has 0 aromatic heterocycles. The van der Waals surface area contributed by atoms with Crippen LogP contribution in [0.3, 0.4) is 0 Å². The average molecular weight is 366 g/mol. The number of sulfonamides is 1. The number of halogens is 1. The minimum absolute atomic E-state index is 0. The zero-order valence-corrected chi connectivity index (χ0v) is 15.3. The Kier molecular flexibility index (Phi) is 7.82. The van der Waals surface area contributed by atoms with Crippen LogP contribution < -0.4 is 20.5 Å². The topological polar surface area (TPSA) is 111 Å². The summed E-state index contributed by atoms with van der Waals surface area (Å²) in [5, 5.41) is 2.69. The first-order chi connectivity index (χ1) is 10.1. The highest BCUT2D eigenvalue weighted by Gasteiger charge is 2.27. The number of hydrogen-bond donors (Lipinski definition) is 3. The van der Waals surface area contributed by atoms with Gasteiger partial charge in [-0.3, -0.25) is 9.52 Å². The number of anilines is 2. The van der Waals surface area contributed by atoms with Crippen molar-refractivity contribution in [1.82, 2.24) is 0 Å². The van der Waals surface area contributed by atoms with E-state index in [0.717, 1.165) is 12.7 Å². The zero-order valence-electron chi connectivity index (χ0n) is 13.7. The standard InChI is InChI=1S/C14H23N3O4S.ClH/c1-5-8-14(2,15)13(18)16-10-6-7-12(21-3)11(9-10)17-22(4,19)20;/h6-7,9,17H,5,8,15H2,1-4H3,(H,16,18);1H. The van der Waals surface area contributed by atoms with E-state index in [0.29, 0.717) is 17.9 Å². The first-order valence-electron chi connectivity index (χ1n) is 6.85. The van der Waals surface area contributed by atoms with Gasteiger partial charge in [-0.1, -0.05) is 13.3 Å². The molecule has 1 atom stereocenters. The molecule has 1 aromatic rings. The number of ether oxygens (including phenoxy) is 1. The summed E-state index contributed by atoms with van der Waals surface area (Å²) in [7, 11) is -2.03. The summed E-state index contributed by atoms with van der Waals surface area (Å²) < 4.78 is 30.2. The third kappa shape index (κ3) is 6.64. The summed E-state index contributed by atoms with van der Waals surface area (Å²) in [6, 6.07) is 4.67. The molecule has 0 aliphatic rings. The van der Waals surface area contributed by atoms with Gasteiger partial charge in [0.1, 0.15) is 5.75 Å². The SMILES string of the molecule is CCCC(C)(N)C(=O)Nc1ccc(OC)c(NS(C)(=O)=O)c1.Cl. The summed E-state index contributed by atoms with van der Waals surface area (Å²) in [6.07, 6.45) is 2.36. The fraction of sp³-hybridized carbons (Fsp3) is 0.500. The van der Waals surface area contributed by atoms with Crippen molar-refractivity contribution in [2.75, 3.05) is 23.4 Å².